The molecule has 0 spiro atoms. The van der Waals surface area contributed by atoms with Gasteiger partial charge < -0.3 is 10.5 Å². The number of rotatable bonds is 3. The van der Waals surface area contributed by atoms with E-state index in [1.165, 1.54) is 25.7 Å². The van der Waals surface area contributed by atoms with E-state index in [0.717, 1.165) is 15.7 Å². The predicted molar refractivity (Wildman–Crippen MR) is 67.6 cm³/mol. The lowest BCUT2D eigenvalue weighted by Crippen LogP contribution is -2.06. The summed E-state index contributed by atoms with van der Waals surface area (Å²) in [5, 5.41) is 0. The fourth-order valence-corrected chi connectivity index (χ4v) is 3.02. The van der Waals surface area contributed by atoms with E-state index in [4.69, 9.17) is 10.5 Å². The maximum atomic E-state index is 5.66. The Kier molecular flexibility index (Phi) is 3.82. The molecule has 4 heteroatoms. The summed E-state index contributed by atoms with van der Waals surface area (Å²) in [5.74, 6) is 1.25. The fourth-order valence-electron chi connectivity index (χ4n) is 2.33. The Morgan fingerprint density at radius 1 is 1.50 bits per heavy atom. The van der Waals surface area contributed by atoms with Crippen LogP contribution in [0.1, 0.15) is 42.9 Å². The number of nitrogens with two attached hydrogens (primary N) is 1. The van der Waals surface area contributed by atoms with E-state index in [0.29, 0.717) is 18.3 Å². The SMILES string of the molecule is COc1nc(C2CCCC2)c(Br)cc1CN. The van der Waals surface area contributed by atoms with Gasteiger partial charge in [-0.05, 0) is 34.8 Å². The number of aromatic nitrogens is 1. The molecule has 0 atom stereocenters. The molecule has 0 unspecified atom stereocenters. The minimum Gasteiger partial charge on any atom is -0.481 e. The van der Waals surface area contributed by atoms with E-state index >= 15 is 0 Å². The topological polar surface area (TPSA) is 48.1 Å². The van der Waals surface area contributed by atoms with Gasteiger partial charge in [0.15, 0.2) is 0 Å². The molecule has 16 heavy (non-hydrogen) atoms. The second-order valence-electron chi connectivity index (χ2n) is 4.21. The van der Waals surface area contributed by atoms with Gasteiger partial charge in [0.25, 0.3) is 0 Å². The Labute approximate surface area is 105 Å². The van der Waals surface area contributed by atoms with E-state index in [1.54, 1.807) is 7.11 Å². The third-order valence-electron chi connectivity index (χ3n) is 3.20. The fraction of sp³-hybridized carbons (Fsp3) is 0.583. The largest absolute Gasteiger partial charge is 0.481 e. The van der Waals surface area contributed by atoms with Gasteiger partial charge >= 0.3 is 0 Å². The molecule has 2 N–H and O–H groups in total. The molecule has 0 aromatic carbocycles. The zero-order valence-corrected chi connectivity index (χ0v) is 11.1. The molecular weight excluding hydrogens is 268 g/mol. The van der Waals surface area contributed by atoms with E-state index < -0.39 is 0 Å². The van der Waals surface area contributed by atoms with Gasteiger partial charge in [0.05, 0.1) is 12.8 Å². The maximum Gasteiger partial charge on any atom is 0.217 e. The van der Waals surface area contributed by atoms with E-state index in [1.807, 2.05) is 6.07 Å². The van der Waals surface area contributed by atoms with Gasteiger partial charge in [0.2, 0.25) is 5.88 Å². The first-order chi connectivity index (χ1) is 7.76. The molecule has 0 radical (unpaired) electrons. The van der Waals surface area contributed by atoms with Gasteiger partial charge in [-0.2, -0.15) is 0 Å². The number of pyridine rings is 1. The minimum absolute atomic E-state index is 0.458. The molecule has 88 valence electrons. The zero-order valence-electron chi connectivity index (χ0n) is 9.50. The van der Waals surface area contributed by atoms with Crippen LogP contribution < -0.4 is 10.5 Å². The lowest BCUT2D eigenvalue weighted by Gasteiger charge is -2.14. The molecule has 1 heterocycles. The lowest BCUT2D eigenvalue weighted by molar-refractivity contribution is 0.389. The molecular formula is C12H17BrN2O. The standard InChI is InChI=1S/C12H17BrN2O/c1-16-12-9(7-14)6-10(13)11(15-12)8-4-2-3-5-8/h6,8H,2-5,7,14H2,1H3. The van der Waals surface area contributed by atoms with Crippen molar-refractivity contribution < 1.29 is 4.74 Å². The second-order valence-corrected chi connectivity index (χ2v) is 5.06. The summed E-state index contributed by atoms with van der Waals surface area (Å²) >= 11 is 3.59. The monoisotopic (exact) mass is 284 g/mol. The number of halogens is 1. The third-order valence-corrected chi connectivity index (χ3v) is 3.83. The van der Waals surface area contributed by atoms with Crippen LogP contribution >= 0.6 is 15.9 Å². The van der Waals surface area contributed by atoms with Gasteiger partial charge in [-0.3, -0.25) is 0 Å². The summed E-state index contributed by atoms with van der Waals surface area (Å²) < 4.78 is 6.35. The van der Waals surface area contributed by atoms with Crippen molar-refractivity contribution in [2.75, 3.05) is 7.11 Å². The smallest absolute Gasteiger partial charge is 0.217 e. The second kappa shape index (κ2) is 5.15. The highest BCUT2D eigenvalue weighted by Crippen LogP contribution is 2.38. The molecule has 1 aromatic rings. The molecule has 0 amide bonds. The van der Waals surface area contributed by atoms with Crippen LogP contribution in [0.4, 0.5) is 0 Å². The molecule has 1 aromatic heterocycles. The normalized spacial score (nSPS) is 16.7. The Balaban J connectivity index is 2.37. The summed E-state index contributed by atoms with van der Waals surface area (Å²) in [5.41, 5.74) is 7.74. The zero-order chi connectivity index (χ0) is 11.5. The van der Waals surface area contributed by atoms with Crippen molar-refractivity contribution in [3.63, 3.8) is 0 Å². The van der Waals surface area contributed by atoms with Crippen LogP contribution in [0.5, 0.6) is 5.88 Å². The van der Waals surface area contributed by atoms with Gasteiger partial charge in [0, 0.05) is 22.5 Å². The predicted octanol–water partition coefficient (Wildman–Crippen LogP) is 2.97. The van der Waals surface area contributed by atoms with Crippen molar-refractivity contribution in [1.29, 1.82) is 0 Å². The maximum absolute atomic E-state index is 5.66. The third kappa shape index (κ3) is 2.23. The van der Waals surface area contributed by atoms with Crippen LogP contribution in [-0.4, -0.2) is 12.1 Å². The Bertz CT molecular complexity index is 376. The molecule has 2 rings (SSSR count). The van der Waals surface area contributed by atoms with Crippen molar-refractivity contribution in [2.45, 2.75) is 38.1 Å². The molecule has 1 fully saturated rings. The van der Waals surface area contributed by atoms with Crippen molar-refractivity contribution >= 4 is 15.9 Å². The van der Waals surface area contributed by atoms with Crippen LogP contribution in [0.3, 0.4) is 0 Å². The Hall–Kier alpha value is -0.610. The van der Waals surface area contributed by atoms with E-state index in [-0.39, 0.29) is 0 Å². The number of hydrogen-bond donors (Lipinski definition) is 1. The average molecular weight is 285 g/mol. The van der Waals surface area contributed by atoms with Crippen LogP contribution in [0.15, 0.2) is 10.5 Å². The molecule has 0 aliphatic heterocycles. The Morgan fingerprint density at radius 3 is 2.75 bits per heavy atom. The molecule has 1 saturated carbocycles. The number of ether oxygens (including phenoxy) is 1. The summed E-state index contributed by atoms with van der Waals surface area (Å²) in [6.45, 7) is 0.458. The number of nitrogens with zero attached hydrogens (tertiary/aromatic N) is 1. The number of hydrogen-bond acceptors (Lipinski definition) is 3. The first kappa shape index (κ1) is 11.9. The van der Waals surface area contributed by atoms with Gasteiger partial charge in [-0.15, -0.1) is 0 Å². The first-order valence-electron chi connectivity index (χ1n) is 5.69. The van der Waals surface area contributed by atoms with Crippen LogP contribution in [0.25, 0.3) is 0 Å². The molecule has 1 aliphatic rings. The quantitative estimate of drug-likeness (QED) is 0.928. The summed E-state index contributed by atoms with van der Waals surface area (Å²) in [4.78, 5) is 4.59. The van der Waals surface area contributed by atoms with Crippen molar-refractivity contribution in [3.05, 3.63) is 21.8 Å². The molecule has 0 saturated heterocycles. The average Bonchev–Trinajstić information content (AvgIpc) is 2.82. The van der Waals surface area contributed by atoms with Gasteiger partial charge in [0.1, 0.15) is 0 Å². The summed E-state index contributed by atoms with van der Waals surface area (Å²) in [6.07, 6.45) is 5.08. The lowest BCUT2D eigenvalue weighted by atomic mass is 10.0. The van der Waals surface area contributed by atoms with Gasteiger partial charge in [-0.1, -0.05) is 12.8 Å². The molecule has 1 aliphatic carbocycles. The van der Waals surface area contributed by atoms with E-state index in [9.17, 15) is 0 Å². The highest BCUT2D eigenvalue weighted by Gasteiger charge is 2.22. The van der Waals surface area contributed by atoms with Crippen LogP contribution in [0, 0.1) is 0 Å². The van der Waals surface area contributed by atoms with Crippen LogP contribution in [-0.2, 0) is 6.54 Å². The van der Waals surface area contributed by atoms with Crippen molar-refractivity contribution in [1.82, 2.24) is 4.98 Å². The Morgan fingerprint density at radius 2 is 2.19 bits per heavy atom. The van der Waals surface area contributed by atoms with Crippen molar-refractivity contribution in [3.8, 4) is 5.88 Å². The molecule has 0 bridgehead atoms. The first-order valence-corrected chi connectivity index (χ1v) is 6.49. The molecule has 3 nitrogen and oxygen atoms in total. The number of methoxy groups -OCH3 is 1. The summed E-state index contributed by atoms with van der Waals surface area (Å²) in [7, 11) is 1.65. The van der Waals surface area contributed by atoms with Crippen molar-refractivity contribution in [2.24, 2.45) is 5.73 Å². The highest BCUT2D eigenvalue weighted by molar-refractivity contribution is 9.10. The highest BCUT2D eigenvalue weighted by atomic mass is 79.9. The minimum atomic E-state index is 0.458. The summed E-state index contributed by atoms with van der Waals surface area (Å²) in [6, 6.07) is 2.04. The van der Waals surface area contributed by atoms with E-state index in [2.05, 4.69) is 20.9 Å². The van der Waals surface area contributed by atoms with Crippen LogP contribution in [0.2, 0.25) is 0 Å². The van der Waals surface area contributed by atoms with Gasteiger partial charge in [-0.25, -0.2) is 4.98 Å².